The van der Waals surface area contributed by atoms with Gasteiger partial charge in [0.2, 0.25) is 0 Å². The average Bonchev–Trinajstić information content (AvgIpc) is 3.04. The second kappa shape index (κ2) is 5.94. The maximum absolute atomic E-state index is 5.79. The zero-order valence-electron chi connectivity index (χ0n) is 12.0. The van der Waals surface area contributed by atoms with Gasteiger partial charge in [0.25, 0.3) is 0 Å². The number of rotatable bonds is 5. The third kappa shape index (κ3) is 2.45. The summed E-state index contributed by atoms with van der Waals surface area (Å²) in [7, 11) is 1.99. The number of aromatic nitrogens is 1. The Morgan fingerprint density at radius 1 is 1.40 bits per heavy atom. The summed E-state index contributed by atoms with van der Waals surface area (Å²) in [4.78, 5) is 6.27. The number of hydrogen-bond acceptors (Lipinski definition) is 4. The lowest BCUT2D eigenvalue weighted by atomic mass is 10.0. The normalized spacial score (nSPS) is 17.0. The molecule has 0 aliphatic carbocycles. The first-order valence-corrected chi connectivity index (χ1v) is 8.00. The van der Waals surface area contributed by atoms with E-state index in [4.69, 9.17) is 9.72 Å². The fraction of sp³-hybridized carbons (Fsp3) is 0.438. The van der Waals surface area contributed by atoms with Crippen LogP contribution in [0.5, 0.6) is 5.75 Å². The van der Waals surface area contributed by atoms with E-state index in [1.807, 2.05) is 30.5 Å². The molecule has 0 bridgehead atoms. The van der Waals surface area contributed by atoms with Crippen LogP contribution in [0.1, 0.15) is 40.4 Å². The Kier molecular flexibility index (Phi) is 4.03. The third-order valence-electron chi connectivity index (χ3n) is 3.62. The summed E-state index contributed by atoms with van der Waals surface area (Å²) in [5.41, 5.74) is 2.53. The van der Waals surface area contributed by atoms with Gasteiger partial charge in [-0.25, -0.2) is 4.98 Å². The summed E-state index contributed by atoms with van der Waals surface area (Å²) in [5, 5.41) is 4.44. The summed E-state index contributed by atoms with van der Waals surface area (Å²) < 4.78 is 5.79. The number of para-hydroxylation sites is 1. The minimum Gasteiger partial charge on any atom is -0.492 e. The number of hydrogen-bond donors (Lipinski definition) is 1. The molecule has 3 nitrogen and oxygen atoms in total. The zero-order valence-corrected chi connectivity index (χ0v) is 12.8. The highest BCUT2D eigenvalue weighted by Gasteiger charge is 2.28. The van der Waals surface area contributed by atoms with Crippen LogP contribution in [0.4, 0.5) is 0 Å². The minimum absolute atomic E-state index is 0.303. The highest BCUT2D eigenvalue weighted by Crippen LogP contribution is 2.40. The number of ether oxygens (including phenoxy) is 1. The summed E-state index contributed by atoms with van der Waals surface area (Å²) in [6, 6.07) is 8.31. The predicted molar refractivity (Wildman–Crippen MR) is 82.7 cm³/mol. The molecule has 0 amide bonds. The van der Waals surface area contributed by atoms with Crippen molar-refractivity contribution in [1.82, 2.24) is 10.3 Å². The number of benzene rings is 1. The van der Waals surface area contributed by atoms with E-state index >= 15 is 0 Å². The molecule has 1 aromatic carbocycles. The summed E-state index contributed by atoms with van der Waals surface area (Å²) in [6.07, 6.45) is 2.19. The van der Waals surface area contributed by atoms with E-state index in [-0.39, 0.29) is 0 Å². The van der Waals surface area contributed by atoms with E-state index in [0.717, 1.165) is 31.7 Å². The van der Waals surface area contributed by atoms with Gasteiger partial charge in [0.05, 0.1) is 11.6 Å². The largest absolute Gasteiger partial charge is 0.492 e. The van der Waals surface area contributed by atoms with Crippen molar-refractivity contribution in [2.24, 2.45) is 0 Å². The summed E-state index contributed by atoms with van der Waals surface area (Å²) in [5.74, 6) is 1.32. The highest BCUT2D eigenvalue weighted by atomic mass is 32.1. The van der Waals surface area contributed by atoms with Gasteiger partial charge in [-0.2, -0.15) is 0 Å². The van der Waals surface area contributed by atoms with Gasteiger partial charge in [0, 0.05) is 17.0 Å². The van der Waals surface area contributed by atoms with Crippen LogP contribution in [-0.2, 0) is 13.0 Å². The van der Waals surface area contributed by atoms with Gasteiger partial charge in [0.15, 0.2) is 0 Å². The lowest BCUT2D eigenvalue weighted by Crippen LogP contribution is -2.05. The molecule has 20 heavy (non-hydrogen) atoms. The lowest BCUT2D eigenvalue weighted by Gasteiger charge is -2.03. The van der Waals surface area contributed by atoms with Crippen molar-refractivity contribution in [1.29, 1.82) is 0 Å². The number of nitrogens with zero attached hydrogens (tertiary/aromatic N) is 1. The maximum atomic E-state index is 5.79. The monoisotopic (exact) mass is 288 g/mol. The van der Waals surface area contributed by atoms with Gasteiger partial charge in [-0.15, -0.1) is 11.3 Å². The molecule has 4 heteroatoms. The zero-order chi connectivity index (χ0) is 13.9. The van der Waals surface area contributed by atoms with E-state index < -0.39 is 0 Å². The van der Waals surface area contributed by atoms with Crippen molar-refractivity contribution in [2.45, 2.75) is 32.2 Å². The molecule has 3 rings (SSSR count). The van der Waals surface area contributed by atoms with Crippen LogP contribution in [0.25, 0.3) is 0 Å². The van der Waals surface area contributed by atoms with Gasteiger partial charge in [-0.1, -0.05) is 31.5 Å². The molecule has 1 unspecified atom stereocenters. The van der Waals surface area contributed by atoms with E-state index in [1.54, 1.807) is 0 Å². The molecule has 1 N–H and O–H groups in total. The molecule has 1 aliphatic rings. The number of nitrogens with one attached hydrogen (secondary N) is 1. The molecule has 0 radical (unpaired) electrons. The Hall–Kier alpha value is -1.39. The Labute approximate surface area is 124 Å². The van der Waals surface area contributed by atoms with Crippen molar-refractivity contribution in [2.75, 3.05) is 13.7 Å². The third-order valence-corrected chi connectivity index (χ3v) is 4.83. The summed E-state index contributed by atoms with van der Waals surface area (Å²) in [6.45, 7) is 3.83. The quantitative estimate of drug-likeness (QED) is 0.916. The van der Waals surface area contributed by atoms with E-state index in [2.05, 4.69) is 24.4 Å². The number of fused-ring (bicyclic) bond motifs is 1. The van der Waals surface area contributed by atoms with Crippen LogP contribution in [-0.4, -0.2) is 18.6 Å². The van der Waals surface area contributed by atoms with Crippen molar-refractivity contribution in [3.05, 3.63) is 45.4 Å². The predicted octanol–water partition coefficient (Wildman–Crippen LogP) is 3.34. The summed E-state index contributed by atoms with van der Waals surface area (Å²) >= 11 is 1.83. The highest BCUT2D eigenvalue weighted by molar-refractivity contribution is 7.11. The first kappa shape index (κ1) is 13.6. The molecule has 1 aromatic heterocycles. The molecule has 0 fully saturated rings. The van der Waals surface area contributed by atoms with Crippen LogP contribution in [0.2, 0.25) is 0 Å². The molecule has 1 aliphatic heterocycles. The fourth-order valence-corrected chi connectivity index (χ4v) is 3.88. The van der Waals surface area contributed by atoms with Crippen LogP contribution >= 0.6 is 11.3 Å². The Balaban J connectivity index is 1.93. The Morgan fingerprint density at radius 3 is 3.05 bits per heavy atom. The van der Waals surface area contributed by atoms with E-state index in [9.17, 15) is 0 Å². The van der Waals surface area contributed by atoms with Crippen molar-refractivity contribution >= 4 is 11.3 Å². The van der Waals surface area contributed by atoms with Gasteiger partial charge in [-0.05, 0) is 19.5 Å². The van der Waals surface area contributed by atoms with Crippen LogP contribution in [0.3, 0.4) is 0 Å². The maximum Gasteiger partial charge on any atom is 0.123 e. The lowest BCUT2D eigenvalue weighted by molar-refractivity contribution is 0.343. The SMILES string of the molecule is CCCc1nc(C2COc3ccccc32)sc1CNC. The smallest absolute Gasteiger partial charge is 0.123 e. The molecule has 1 atom stereocenters. The van der Waals surface area contributed by atoms with Gasteiger partial charge in [0.1, 0.15) is 17.4 Å². The first-order valence-electron chi connectivity index (χ1n) is 7.18. The molecular weight excluding hydrogens is 268 g/mol. The molecule has 0 saturated heterocycles. The van der Waals surface area contributed by atoms with E-state index in [0.29, 0.717) is 5.92 Å². The molecular formula is C16H20N2OS. The molecule has 0 saturated carbocycles. The van der Waals surface area contributed by atoms with Crippen LogP contribution in [0, 0.1) is 0 Å². The van der Waals surface area contributed by atoms with Gasteiger partial charge < -0.3 is 10.1 Å². The van der Waals surface area contributed by atoms with Gasteiger partial charge in [-0.3, -0.25) is 0 Å². The van der Waals surface area contributed by atoms with Gasteiger partial charge >= 0.3 is 0 Å². The average molecular weight is 288 g/mol. The second-order valence-corrected chi connectivity index (χ2v) is 6.22. The molecule has 2 heterocycles. The Morgan fingerprint density at radius 2 is 2.25 bits per heavy atom. The van der Waals surface area contributed by atoms with Crippen molar-refractivity contribution in [3.8, 4) is 5.75 Å². The topological polar surface area (TPSA) is 34.1 Å². The second-order valence-electron chi connectivity index (χ2n) is 5.10. The minimum atomic E-state index is 0.303. The van der Waals surface area contributed by atoms with E-state index in [1.165, 1.54) is 21.1 Å². The molecule has 2 aromatic rings. The first-order chi connectivity index (χ1) is 9.83. The Bertz CT molecular complexity index is 570. The number of aryl methyl sites for hydroxylation is 1. The molecule has 0 spiro atoms. The number of thiazole rings is 1. The fourth-order valence-electron chi connectivity index (χ4n) is 2.65. The van der Waals surface area contributed by atoms with Crippen LogP contribution in [0.15, 0.2) is 24.3 Å². The van der Waals surface area contributed by atoms with Crippen molar-refractivity contribution < 1.29 is 4.74 Å². The molecule has 106 valence electrons. The van der Waals surface area contributed by atoms with Crippen molar-refractivity contribution in [3.63, 3.8) is 0 Å². The van der Waals surface area contributed by atoms with Crippen LogP contribution < -0.4 is 10.1 Å². The standard InChI is InChI=1S/C16H20N2OS/c1-3-6-13-15(9-17-2)20-16(18-13)12-10-19-14-8-5-4-7-11(12)14/h4-5,7-8,12,17H,3,6,9-10H2,1-2H3.